The summed E-state index contributed by atoms with van der Waals surface area (Å²) in [5.41, 5.74) is 5.57. The fourth-order valence-corrected chi connectivity index (χ4v) is 2.71. The van der Waals surface area contributed by atoms with Crippen molar-refractivity contribution in [3.8, 4) is 0 Å². The standard InChI is InChI=1S/C11H18N5O5P/c1-3-21-22(18,19)7(2)20-5-4-16-6-13-8-9(16)14-11(12)15-10(8)17/h6-7H,3-5H2,1-2H3,(H,18,19)(H3,12,14,15,17). The summed E-state index contributed by atoms with van der Waals surface area (Å²) in [6.45, 7) is 3.63. The number of H-pyrrole nitrogens is 1. The van der Waals surface area contributed by atoms with Crippen LogP contribution in [0.25, 0.3) is 11.2 Å². The van der Waals surface area contributed by atoms with E-state index in [0.717, 1.165) is 0 Å². The number of rotatable bonds is 7. The molecular formula is C11H18N5O5P. The van der Waals surface area contributed by atoms with Crippen LogP contribution in [0.5, 0.6) is 0 Å². The van der Waals surface area contributed by atoms with Gasteiger partial charge in [-0.25, -0.2) is 4.98 Å². The third-order valence-corrected chi connectivity index (χ3v) is 4.65. The van der Waals surface area contributed by atoms with Gasteiger partial charge in [-0.2, -0.15) is 4.98 Å². The molecular weight excluding hydrogens is 313 g/mol. The van der Waals surface area contributed by atoms with Crippen LogP contribution in [0.4, 0.5) is 5.95 Å². The maximum absolute atomic E-state index is 11.7. The van der Waals surface area contributed by atoms with Crippen molar-refractivity contribution < 1.29 is 18.7 Å². The smallest absolute Gasteiger partial charge is 0.356 e. The van der Waals surface area contributed by atoms with Crippen molar-refractivity contribution >= 4 is 24.7 Å². The fraction of sp³-hybridized carbons (Fsp3) is 0.545. The molecule has 0 spiro atoms. The molecule has 2 atom stereocenters. The summed E-state index contributed by atoms with van der Waals surface area (Å²) < 4.78 is 23.4. The molecule has 2 aromatic rings. The monoisotopic (exact) mass is 331 g/mol. The van der Waals surface area contributed by atoms with E-state index in [-0.39, 0.29) is 24.7 Å². The molecule has 2 unspecified atom stereocenters. The minimum atomic E-state index is -3.79. The van der Waals surface area contributed by atoms with Crippen LogP contribution >= 0.6 is 7.60 Å². The Bertz CT molecular complexity index is 757. The number of anilines is 1. The van der Waals surface area contributed by atoms with E-state index in [4.69, 9.17) is 15.0 Å². The summed E-state index contributed by atoms with van der Waals surface area (Å²) in [5.74, 6) is -0.964. The first-order valence-electron chi connectivity index (χ1n) is 6.64. The SMILES string of the molecule is CCOP(=O)(O)C(C)OCCn1cnc2c(=O)[nH]c(N)nc21. The van der Waals surface area contributed by atoms with Gasteiger partial charge in [0.15, 0.2) is 17.0 Å². The molecule has 0 aliphatic heterocycles. The van der Waals surface area contributed by atoms with E-state index in [2.05, 4.69) is 15.0 Å². The number of nitrogens with one attached hydrogen (secondary N) is 1. The quantitative estimate of drug-likeness (QED) is 0.614. The third kappa shape index (κ3) is 3.53. The van der Waals surface area contributed by atoms with Gasteiger partial charge in [-0.05, 0) is 13.8 Å². The molecule has 0 radical (unpaired) electrons. The number of aromatic nitrogens is 4. The van der Waals surface area contributed by atoms with E-state index in [1.807, 2.05) is 0 Å². The lowest BCUT2D eigenvalue weighted by Gasteiger charge is -2.18. The normalized spacial score (nSPS) is 15.8. The Kier molecular flexibility index (Phi) is 4.97. The molecule has 22 heavy (non-hydrogen) atoms. The molecule has 0 bridgehead atoms. The van der Waals surface area contributed by atoms with Crippen molar-refractivity contribution in [3.63, 3.8) is 0 Å². The molecule has 4 N–H and O–H groups in total. The van der Waals surface area contributed by atoms with Gasteiger partial charge in [0.2, 0.25) is 5.95 Å². The molecule has 0 aliphatic carbocycles. The van der Waals surface area contributed by atoms with Crippen molar-refractivity contribution in [3.05, 3.63) is 16.7 Å². The first-order chi connectivity index (χ1) is 10.3. The Balaban J connectivity index is 2.04. The maximum atomic E-state index is 11.7. The van der Waals surface area contributed by atoms with Gasteiger partial charge in [-0.1, -0.05) is 0 Å². The zero-order valence-electron chi connectivity index (χ0n) is 12.2. The van der Waals surface area contributed by atoms with Crippen LogP contribution in [0.3, 0.4) is 0 Å². The second-order valence-electron chi connectivity index (χ2n) is 4.51. The Morgan fingerprint density at radius 2 is 2.32 bits per heavy atom. The van der Waals surface area contributed by atoms with Crippen LogP contribution < -0.4 is 11.3 Å². The number of hydrogen-bond acceptors (Lipinski definition) is 7. The zero-order chi connectivity index (χ0) is 16.3. The topological polar surface area (TPSA) is 145 Å². The van der Waals surface area contributed by atoms with Crippen molar-refractivity contribution in [2.75, 3.05) is 18.9 Å². The molecule has 10 nitrogen and oxygen atoms in total. The average Bonchev–Trinajstić information content (AvgIpc) is 2.82. The lowest BCUT2D eigenvalue weighted by atomic mass is 10.5. The highest BCUT2D eigenvalue weighted by atomic mass is 31.2. The zero-order valence-corrected chi connectivity index (χ0v) is 13.1. The van der Waals surface area contributed by atoms with Gasteiger partial charge in [0, 0.05) is 6.54 Å². The Morgan fingerprint density at radius 1 is 1.59 bits per heavy atom. The average molecular weight is 331 g/mol. The molecule has 122 valence electrons. The largest absolute Gasteiger partial charge is 0.369 e. The van der Waals surface area contributed by atoms with Gasteiger partial charge in [-0.3, -0.25) is 14.3 Å². The van der Waals surface area contributed by atoms with Gasteiger partial charge in [-0.15, -0.1) is 0 Å². The molecule has 2 rings (SSSR count). The number of imidazole rings is 1. The van der Waals surface area contributed by atoms with Gasteiger partial charge < -0.3 is 24.5 Å². The van der Waals surface area contributed by atoms with Gasteiger partial charge >= 0.3 is 7.60 Å². The van der Waals surface area contributed by atoms with Gasteiger partial charge in [0.25, 0.3) is 5.56 Å². The van der Waals surface area contributed by atoms with Gasteiger partial charge in [0.05, 0.1) is 19.5 Å². The summed E-state index contributed by atoms with van der Waals surface area (Å²) in [7, 11) is -3.79. The van der Waals surface area contributed by atoms with Crippen LogP contribution in [0.1, 0.15) is 13.8 Å². The highest BCUT2D eigenvalue weighted by Gasteiger charge is 2.28. The maximum Gasteiger partial charge on any atom is 0.356 e. The van der Waals surface area contributed by atoms with Crippen LogP contribution in [0.2, 0.25) is 0 Å². The van der Waals surface area contributed by atoms with Crippen molar-refractivity contribution in [1.29, 1.82) is 0 Å². The van der Waals surface area contributed by atoms with Crippen LogP contribution in [-0.4, -0.2) is 43.5 Å². The van der Waals surface area contributed by atoms with Crippen LogP contribution in [0, 0.1) is 0 Å². The van der Waals surface area contributed by atoms with Crippen LogP contribution in [-0.2, 0) is 20.4 Å². The molecule has 0 amide bonds. The Morgan fingerprint density at radius 3 is 3.00 bits per heavy atom. The van der Waals surface area contributed by atoms with Crippen molar-refractivity contribution in [1.82, 2.24) is 19.5 Å². The molecule has 0 fully saturated rings. The number of nitrogens with two attached hydrogens (primary N) is 1. The predicted octanol–water partition coefficient (Wildman–Crippen LogP) is 0.286. The third-order valence-electron chi connectivity index (χ3n) is 2.96. The first-order valence-corrected chi connectivity index (χ1v) is 8.29. The number of aromatic amines is 1. The molecule has 0 saturated carbocycles. The number of nitrogens with zero attached hydrogens (tertiary/aromatic N) is 3. The highest BCUT2D eigenvalue weighted by molar-refractivity contribution is 7.53. The Hall–Kier alpha value is -1.74. The number of ether oxygens (including phenoxy) is 1. The predicted molar refractivity (Wildman–Crippen MR) is 79.4 cm³/mol. The lowest BCUT2D eigenvalue weighted by Crippen LogP contribution is -2.16. The number of fused-ring (bicyclic) bond motifs is 1. The second kappa shape index (κ2) is 6.57. The summed E-state index contributed by atoms with van der Waals surface area (Å²) >= 11 is 0. The second-order valence-corrected chi connectivity index (χ2v) is 6.63. The molecule has 0 saturated heterocycles. The minimum absolute atomic E-state index is 0.00950. The van der Waals surface area contributed by atoms with E-state index in [9.17, 15) is 14.3 Å². The van der Waals surface area contributed by atoms with E-state index in [1.54, 1.807) is 11.5 Å². The summed E-state index contributed by atoms with van der Waals surface area (Å²) in [4.78, 5) is 31.5. The number of nitrogen functional groups attached to an aromatic ring is 1. The summed E-state index contributed by atoms with van der Waals surface area (Å²) in [5, 5.41) is 0. The van der Waals surface area contributed by atoms with Crippen molar-refractivity contribution in [2.24, 2.45) is 0 Å². The van der Waals surface area contributed by atoms with E-state index in [0.29, 0.717) is 12.2 Å². The van der Waals surface area contributed by atoms with E-state index < -0.39 is 19.0 Å². The van der Waals surface area contributed by atoms with E-state index >= 15 is 0 Å². The summed E-state index contributed by atoms with van der Waals surface area (Å²) in [6.07, 6.45) is 1.43. The van der Waals surface area contributed by atoms with Crippen LogP contribution in [0.15, 0.2) is 11.1 Å². The first kappa shape index (κ1) is 16.6. The molecule has 2 aromatic heterocycles. The molecule has 2 heterocycles. The van der Waals surface area contributed by atoms with Crippen molar-refractivity contribution in [2.45, 2.75) is 26.2 Å². The summed E-state index contributed by atoms with van der Waals surface area (Å²) in [6, 6.07) is 0. The molecule has 11 heteroatoms. The van der Waals surface area contributed by atoms with E-state index in [1.165, 1.54) is 13.3 Å². The minimum Gasteiger partial charge on any atom is -0.369 e. The highest BCUT2D eigenvalue weighted by Crippen LogP contribution is 2.47. The number of hydrogen-bond donors (Lipinski definition) is 3. The fourth-order valence-electron chi connectivity index (χ4n) is 1.84. The molecule has 0 aromatic carbocycles. The Labute approximate surface area is 125 Å². The van der Waals surface area contributed by atoms with Gasteiger partial charge in [0.1, 0.15) is 0 Å². The lowest BCUT2D eigenvalue weighted by molar-refractivity contribution is 0.0839. The molecule has 0 aliphatic rings.